The quantitative estimate of drug-likeness (QED) is 0.579. The van der Waals surface area contributed by atoms with E-state index in [2.05, 4.69) is 21.7 Å². The van der Waals surface area contributed by atoms with Crippen LogP contribution in [0.4, 0.5) is 0 Å². The lowest BCUT2D eigenvalue weighted by atomic mass is 10.1. The van der Waals surface area contributed by atoms with Crippen molar-refractivity contribution in [2.24, 2.45) is 5.73 Å². The predicted octanol–water partition coefficient (Wildman–Crippen LogP) is 1.46. The van der Waals surface area contributed by atoms with Crippen LogP contribution in [0, 0.1) is 0 Å². The Morgan fingerprint density at radius 3 is 2.77 bits per heavy atom. The molecule has 1 atom stereocenters. The summed E-state index contributed by atoms with van der Waals surface area (Å²) in [7, 11) is 0. The number of likely N-dealkylation sites (tertiary alicyclic amines) is 1. The second-order valence-electron chi connectivity index (χ2n) is 5.61. The summed E-state index contributed by atoms with van der Waals surface area (Å²) in [5, 5.41) is 8.94. The molecule has 0 saturated carbocycles. The van der Waals surface area contributed by atoms with E-state index in [4.69, 9.17) is 5.73 Å². The molecule has 0 aliphatic carbocycles. The minimum atomic E-state index is -0.340. The largest absolute Gasteiger partial charge is 0.369 e. The predicted molar refractivity (Wildman–Crippen MR) is 88.7 cm³/mol. The van der Waals surface area contributed by atoms with Crippen molar-refractivity contribution in [3.05, 3.63) is 18.5 Å². The zero-order chi connectivity index (χ0) is 15.9. The first-order chi connectivity index (χ1) is 10.6. The van der Waals surface area contributed by atoms with E-state index in [0.29, 0.717) is 6.54 Å². The van der Waals surface area contributed by atoms with Crippen LogP contribution in [-0.2, 0) is 17.8 Å². The van der Waals surface area contributed by atoms with E-state index >= 15 is 0 Å². The summed E-state index contributed by atoms with van der Waals surface area (Å²) in [6, 6.07) is 0. The lowest BCUT2D eigenvalue weighted by Crippen LogP contribution is -2.32. The third-order valence-electron chi connectivity index (χ3n) is 3.89. The molecule has 122 valence electrons. The fourth-order valence-corrected chi connectivity index (χ4v) is 3.39. The number of carbonyl (C=O) groups excluding carboxylic acids is 1. The van der Waals surface area contributed by atoms with Crippen LogP contribution in [0.2, 0.25) is 0 Å². The first kappa shape index (κ1) is 17.0. The molecule has 1 aromatic heterocycles. The molecule has 6 nitrogen and oxygen atoms in total. The second kappa shape index (κ2) is 8.33. The highest BCUT2D eigenvalue weighted by atomic mass is 32.2. The first-order valence-electron chi connectivity index (χ1n) is 7.83. The van der Waals surface area contributed by atoms with E-state index in [1.165, 1.54) is 44.1 Å². The molecule has 0 radical (unpaired) electrons. The van der Waals surface area contributed by atoms with Gasteiger partial charge in [-0.3, -0.25) is 4.79 Å². The minimum absolute atomic E-state index is 0.317. The monoisotopic (exact) mass is 323 g/mol. The van der Waals surface area contributed by atoms with Crippen molar-refractivity contribution in [2.45, 2.75) is 49.6 Å². The van der Waals surface area contributed by atoms with Crippen LogP contribution < -0.4 is 5.73 Å². The number of aromatic nitrogens is 3. The number of rotatable bonds is 8. The normalized spacial score (nSPS) is 17.3. The number of thioether (sulfide) groups is 1. The fraction of sp³-hybridized carbons (Fsp3) is 0.667. The highest BCUT2D eigenvalue weighted by molar-refractivity contribution is 8.00. The number of nitrogens with zero attached hydrogens (tertiary/aromatic N) is 4. The van der Waals surface area contributed by atoms with E-state index in [1.807, 2.05) is 10.6 Å². The number of hydrogen-bond donors (Lipinski definition) is 1. The molecule has 0 aromatic carbocycles. The number of primary amides is 1. The van der Waals surface area contributed by atoms with E-state index < -0.39 is 0 Å². The van der Waals surface area contributed by atoms with Gasteiger partial charge in [0, 0.05) is 19.5 Å². The standard InChI is InChI=1S/C15H25N5OS/c1-3-8-20-13(7-11-19-9-5-4-6-10-19)17-18-15(20)22-12(2)14(16)21/h3,12H,1,4-11H2,2H3,(H2,16,21)/t12-/m1/s1. The van der Waals surface area contributed by atoms with Gasteiger partial charge in [-0.05, 0) is 32.9 Å². The van der Waals surface area contributed by atoms with Gasteiger partial charge in [0.2, 0.25) is 5.91 Å². The lowest BCUT2D eigenvalue weighted by molar-refractivity contribution is -0.117. The summed E-state index contributed by atoms with van der Waals surface area (Å²) in [6.45, 7) is 9.59. The third-order valence-corrected chi connectivity index (χ3v) is 4.99. The van der Waals surface area contributed by atoms with Gasteiger partial charge in [-0.25, -0.2) is 0 Å². The molecule has 7 heteroatoms. The van der Waals surface area contributed by atoms with Crippen LogP contribution in [0.5, 0.6) is 0 Å². The number of piperidine rings is 1. The molecule has 1 aromatic rings. The first-order valence-corrected chi connectivity index (χ1v) is 8.71. The SMILES string of the molecule is C=CCn1c(CCN2CCCCC2)nnc1S[C@H](C)C(N)=O. The maximum Gasteiger partial charge on any atom is 0.230 e. The maximum absolute atomic E-state index is 11.2. The number of hydrogen-bond acceptors (Lipinski definition) is 5. The zero-order valence-electron chi connectivity index (χ0n) is 13.2. The molecule has 0 bridgehead atoms. The van der Waals surface area contributed by atoms with Crippen molar-refractivity contribution in [2.75, 3.05) is 19.6 Å². The van der Waals surface area contributed by atoms with Gasteiger partial charge < -0.3 is 15.2 Å². The van der Waals surface area contributed by atoms with E-state index in [-0.39, 0.29) is 11.2 Å². The summed E-state index contributed by atoms with van der Waals surface area (Å²) in [4.78, 5) is 13.7. The molecule has 2 N–H and O–H groups in total. The van der Waals surface area contributed by atoms with Gasteiger partial charge in [-0.15, -0.1) is 16.8 Å². The van der Waals surface area contributed by atoms with Crippen molar-refractivity contribution in [1.29, 1.82) is 0 Å². The summed E-state index contributed by atoms with van der Waals surface area (Å²) < 4.78 is 2.03. The molecular formula is C15H25N5OS. The summed E-state index contributed by atoms with van der Waals surface area (Å²) in [6.07, 6.45) is 6.61. The van der Waals surface area contributed by atoms with Crippen LogP contribution >= 0.6 is 11.8 Å². The maximum atomic E-state index is 11.2. The van der Waals surface area contributed by atoms with Crippen molar-refractivity contribution >= 4 is 17.7 Å². The zero-order valence-corrected chi connectivity index (χ0v) is 14.0. The fourth-order valence-electron chi connectivity index (χ4n) is 2.56. The van der Waals surface area contributed by atoms with Crippen LogP contribution in [0.1, 0.15) is 32.0 Å². The molecule has 1 saturated heterocycles. The highest BCUT2D eigenvalue weighted by Crippen LogP contribution is 2.22. The van der Waals surface area contributed by atoms with Gasteiger partial charge in [0.25, 0.3) is 0 Å². The van der Waals surface area contributed by atoms with Crippen LogP contribution in [-0.4, -0.2) is 50.5 Å². The topological polar surface area (TPSA) is 77.0 Å². The summed E-state index contributed by atoms with van der Waals surface area (Å²) >= 11 is 1.35. The Labute approximate surface area is 136 Å². The van der Waals surface area contributed by atoms with Gasteiger partial charge in [0.05, 0.1) is 5.25 Å². The molecule has 0 spiro atoms. The van der Waals surface area contributed by atoms with Gasteiger partial charge in [-0.1, -0.05) is 24.3 Å². The van der Waals surface area contributed by atoms with Crippen molar-refractivity contribution in [3.63, 3.8) is 0 Å². The Hall–Kier alpha value is -1.34. The molecule has 1 aliphatic heterocycles. The van der Waals surface area contributed by atoms with Crippen molar-refractivity contribution in [3.8, 4) is 0 Å². The Balaban J connectivity index is 2.01. The minimum Gasteiger partial charge on any atom is -0.369 e. The lowest BCUT2D eigenvalue weighted by Gasteiger charge is -2.26. The smallest absolute Gasteiger partial charge is 0.230 e. The Kier molecular flexibility index (Phi) is 6.45. The van der Waals surface area contributed by atoms with Crippen LogP contribution in [0.15, 0.2) is 17.8 Å². The van der Waals surface area contributed by atoms with E-state index in [9.17, 15) is 4.79 Å². The number of allylic oxidation sites excluding steroid dienone is 1. The summed E-state index contributed by atoms with van der Waals surface area (Å²) in [5.41, 5.74) is 5.33. The molecule has 2 rings (SSSR count). The molecule has 0 unspecified atom stereocenters. The molecular weight excluding hydrogens is 298 g/mol. The molecule has 1 amide bonds. The van der Waals surface area contributed by atoms with E-state index in [0.717, 1.165) is 23.9 Å². The summed E-state index contributed by atoms with van der Waals surface area (Å²) in [5.74, 6) is 0.609. The number of amides is 1. The molecule has 22 heavy (non-hydrogen) atoms. The van der Waals surface area contributed by atoms with E-state index in [1.54, 1.807) is 6.92 Å². The van der Waals surface area contributed by atoms with Gasteiger partial charge in [0.1, 0.15) is 5.82 Å². The van der Waals surface area contributed by atoms with Crippen LogP contribution in [0.3, 0.4) is 0 Å². The van der Waals surface area contributed by atoms with Gasteiger partial charge in [-0.2, -0.15) is 0 Å². The van der Waals surface area contributed by atoms with Gasteiger partial charge in [0.15, 0.2) is 5.16 Å². The Bertz CT molecular complexity index is 510. The number of nitrogens with two attached hydrogens (primary N) is 1. The van der Waals surface area contributed by atoms with Crippen molar-refractivity contribution in [1.82, 2.24) is 19.7 Å². The molecule has 1 fully saturated rings. The Morgan fingerprint density at radius 1 is 1.41 bits per heavy atom. The average Bonchev–Trinajstić information content (AvgIpc) is 2.89. The highest BCUT2D eigenvalue weighted by Gasteiger charge is 2.18. The van der Waals surface area contributed by atoms with Crippen LogP contribution in [0.25, 0.3) is 0 Å². The average molecular weight is 323 g/mol. The van der Waals surface area contributed by atoms with Gasteiger partial charge >= 0.3 is 0 Å². The second-order valence-corrected chi connectivity index (χ2v) is 6.92. The Morgan fingerprint density at radius 2 is 2.14 bits per heavy atom. The number of carbonyl (C=O) groups is 1. The molecule has 2 heterocycles. The van der Waals surface area contributed by atoms with Crippen molar-refractivity contribution < 1.29 is 4.79 Å². The third kappa shape index (κ3) is 4.58. The molecule has 1 aliphatic rings.